The molecule has 0 bridgehead atoms. The summed E-state index contributed by atoms with van der Waals surface area (Å²) < 4.78 is 24.5. The summed E-state index contributed by atoms with van der Waals surface area (Å²) in [6.45, 7) is -0.276. The fourth-order valence-corrected chi connectivity index (χ4v) is 2.59. The lowest BCUT2D eigenvalue weighted by molar-refractivity contribution is -0.117. The number of aromatic nitrogens is 2. The number of carbonyl (C=O) groups excluding carboxylic acids is 1. The van der Waals surface area contributed by atoms with E-state index in [1.165, 1.54) is 38.5 Å². The van der Waals surface area contributed by atoms with Gasteiger partial charge in [-0.05, 0) is 42.5 Å². The highest BCUT2D eigenvalue weighted by Crippen LogP contribution is 2.29. The quantitative estimate of drug-likeness (QED) is 0.708. The van der Waals surface area contributed by atoms with Gasteiger partial charge in [0, 0.05) is 23.4 Å². The Labute approximate surface area is 160 Å². The van der Waals surface area contributed by atoms with E-state index in [1.807, 2.05) is 0 Å². The smallest absolute Gasteiger partial charge is 0.267 e. The summed E-state index contributed by atoms with van der Waals surface area (Å²) in [4.78, 5) is 24.4. The number of hydrogen-bond donors (Lipinski definition) is 1. The van der Waals surface area contributed by atoms with Gasteiger partial charge < -0.3 is 14.8 Å². The second-order valence-corrected chi connectivity index (χ2v) is 5.84. The van der Waals surface area contributed by atoms with Gasteiger partial charge in [-0.2, -0.15) is 5.10 Å². The number of hydrogen-bond acceptors (Lipinski definition) is 5. The number of methoxy groups -OCH3 is 2. The van der Waals surface area contributed by atoms with E-state index < -0.39 is 11.5 Å². The van der Waals surface area contributed by atoms with E-state index in [0.29, 0.717) is 28.4 Å². The molecule has 8 heteroatoms. The summed E-state index contributed by atoms with van der Waals surface area (Å²) in [6.07, 6.45) is 0. The monoisotopic (exact) mass is 383 g/mol. The van der Waals surface area contributed by atoms with Crippen molar-refractivity contribution in [3.05, 3.63) is 70.8 Å². The van der Waals surface area contributed by atoms with Crippen LogP contribution in [-0.4, -0.2) is 29.9 Å². The van der Waals surface area contributed by atoms with E-state index in [4.69, 9.17) is 9.47 Å². The zero-order valence-electron chi connectivity index (χ0n) is 15.3. The third-order valence-electron chi connectivity index (χ3n) is 3.97. The molecule has 0 fully saturated rings. The van der Waals surface area contributed by atoms with Crippen molar-refractivity contribution in [2.45, 2.75) is 6.54 Å². The molecule has 0 aliphatic heterocycles. The first-order chi connectivity index (χ1) is 13.5. The van der Waals surface area contributed by atoms with Gasteiger partial charge in [0.25, 0.3) is 5.56 Å². The number of nitrogens with zero attached hydrogens (tertiary/aromatic N) is 2. The molecule has 1 aromatic heterocycles. The number of carbonyl (C=O) groups is 1. The molecule has 2 aromatic carbocycles. The van der Waals surface area contributed by atoms with E-state index in [-0.39, 0.29) is 12.4 Å². The van der Waals surface area contributed by atoms with Gasteiger partial charge >= 0.3 is 0 Å². The summed E-state index contributed by atoms with van der Waals surface area (Å²) in [6, 6.07) is 13.5. The van der Waals surface area contributed by atoms with E-state index in [0.717, 1.165) is 4.68 Å². The van der Waals surface area contributed by atoms with E-state index >= 15 is 0 Å². The van der Waals surface area contributed by atoms with Crippen LogP contribution in [0.15, 0.2) is 59.4 Å². The second kappa shape index (κ2) is 8.34. The largest absolute Gasteiger partial charge is 0.493 e. The zero-order valence-corrected chi connectivity index (χ0v) is 15.3. The van der Waals surface area contributed by atoms with Crippen LogP contribution < -0.4 is 20.3 Å². The molecule has 1 heterocycles. The van der Waals surface area contributed by atoms with Gasteiger partial charge in [0.1, 0.15) is 12.4 Å². The maximum Gasteiger partial charge on any atom is 0.267 e. The van der Waals surface area contributed by atoms with Crippen molar-refractivity contribution in [2.24, 2.45) is 0 Å². The maximum absolute atomic E-state index is 13.1. The number of rotatable bonds is 6. The van der Waals surface area contributed by atoms with E-state index in [1.54, 1.807) is 30.3 Å². The van der Waals surface area contributed by atoms with Gasteiger partial charge in [-0.15, -0.1) is 0 Å². The minimum absolute atomic E-state index is 0.276. The molecule has 3 aromatic rings. The third kappa shape index (κ3) is 4.35. The van der Waals surface area contributed by atoms with E-state index in [9.17, 15) is 14.0 Å². The number of benzene rings is 2. The number of ether oxygens (including phenoxy) is 2. The lowest BCUT2D eigenvalue weighted by atomic mass is 10.1. The topological polar surface area (TPSA) is 82.5 Å². The van der Waals surface area contributed by atoms with Crippen molar-refractivity contribution in [2.75, 3.05) is 19.5 Å². The molecule has 0 aliphatic rings. The van der Waals surface area contributed by atoms with Crippen LogP contribution in [0.2, 0.25) is 0 Å². The predicted octanol–water partition coefficient (Wildman–Crippen LogP) is 2.71. The molecule has 0 saturated heterocycles. The number of anilines is 1. The van der Waals surface area contributed by atoms with Crippen molar-refractivity contribution in [1.82, 2.24) is 9.78 Å². The second-order valence-electron chi connectivity index (χ2n) is 5.84. The number of halogens is 1. The Balaban J connectivity index is 1.78. The molecular weight excluding hydrogens is 365 g/mol. The Morgan fingerprint density at radius 3 is 2.43 bits per heavy atom. The average Bonchev–Trinajstić information content (AvgIpc) is 2.70. The molecule has 0 spiro atoms. The van der Waals surface area contributed by atoms with Crippen molar-refractivity contribution in [3.8, 4) is 22.8 Å². The molecule has 28 heavy (non-hydrogen) atoms. The lowest BCUT2D eigenvalue weighted by Gasteiger charge is -2.11. The van der Waals surface area contributed by atoms with Gasteiger partial charge in [-0.25, -0.2) is 9.07 Å². The van der Waals surface area contributed by atoms with Gasteiger partial charge in [-0.3, -0.25) is 9.59 Å². The van der Waals surface area contributed by atoms with Crippen LogP contribution in [0.4, 0.5) is 10.1 Å². The van der Waals surface area contributed by atoms with E-state index in [2.05, 4.69) is 10.4 Å². The Morgan fingerprint density at radius 2 is 1.75 bits per heavy atom. The van der Waals surface area contributed by atoms with Crippen LogP contribution in [0.25, 0.3) is 11.3 Å². The molecular formula is C20H18FN3O4. The van der Waals surface area contributed by atoms with Gasteiger partial charge in [0.05, 0.1) is 19.9 Å². The molecule has 0 unspecified atom stereocenters. The minimum Gasteiger partial charge on any atom is -0.493 e. The van der Waals surface area contributed by atoms with Crippen molar-refractivity contribution < 1.29 is 18.7 Å². The first-order valence-corrected chi connectivity index (χ1v) is 8.36. The highest BCUT2D eigenvalue weighted by atomic mass is 19.1. The van der Waals surface area contributed by atoms with Crippen LogP contribution in [0.3, 0.4) is 0 Å². The lowest BCUT2D eigenvalue weighted by Crippen LogP contribution is -2.29. The highest BCUT2D eigenvalue weighted by Gasteiger charge is 2.11. The van der Waals surface area contributed by atoms with Crippen molar-refractivity contribution in [3.63, 3.8) is 0 Å². The molecule has 1 N–H and O–H groups in total. The minimum atomic E-state index is -0.432. The van der Waals surface area contributed by atoms with Gasteiger partial charge in [0.15, 0.2) is 11.5 Å². The molecule has 7 nitrogen and oxygen atoms in total. The zero-order chi connectivity index (χ0) is 20.1. The van der Waals surface area contributed by atoms with Crippen LogP contribution in [0, 0.1) is 5.82 Å². The summed E-state index contributed by atoms with van der Waals surface area (Å²) in [7, 11) is 3.01. The van der Waals surface area contributed by atoms with Crippen LogP contribution in [0.5, 0.6) is 11.5 Å². The van der Waals surface area contributed by atoms with Crippen molar-refractivity contribution in [1.29, 1.82) is 0 Å². The van der Waals surface area contributed by atoms with Crippen LogP contribution >= 0.6 is 0 Å². The number of amides is 1. The Hall–Kier alpha value is -3.68. The summed E-state index contributed by atoms with van der Waals surface area (Å²) in [5.41, 5.74) is 1.16. The SMILES string of the molecule is COc1ccc(NC(=O)Cn2nc(-c3ccc(F)cc3)ccc2=O)cc1OC. The number of nitrogens with one attached hydrogen (secondary N) is 1. The molecule has 144 valence electrons. The fourth-order valence-electron chi connectivity index (χ4n) is 2.59. The van der Waals surface area contributed by atoms with Gasteiger partial charge in [0.2, 0.25) is 5.91 Å². The summed E-state index contributed by atoms with van der Waals surface area (Å²) in [5.74, 6) is 0.198. The summed E-state index contributed by atoms with van der Waals surface area (Å²) in [5, 5.41) is 6.88. The normalized spacial score (nSPS) is 10.4. The summed E-state index contributed by atoms with van der Waals surface area (Å²) >= 11 is 0. The molecule has 1 amide bonds. The first kappa shape index (κ1) is 19.1. The predicted molar refractivity (Wildman–Crippen MR) is 102 cm³/mol. The molecule has 0 saturated carbocycles. The van der Waals surface area contributed by atoms with Crippen LogP contribution in [-0.2, 0) is 11.3 Å². The molecule has 0 radical (unpaired) electrons. The molecule has 0 atom stereocenters. The molecule has 0 aliphatic carbocycles. The van der Waals surface area contributed by atoms with Crippen molar-refractivity contribution >= 4 is 11.6 Å². The third-order valence-corrected chi connectivity index (χ3v) is 3.97. The Kier molecular flexibility index (Phi) is 5.69. The fraction of sp³-hybridized carbons (Fsp3) is 0.150. The van der Waals surface area contributed by atoms with Crippen LogP contribution in [0.1, 0.15) is 0 Å². The average molecular weight is 383 g/mol. The first-order valence-electron chi connectivity index (χ1n) is 8.36. The molecule has 3 rings (SSSR count). The highest BCUT2D eigenvalue weighted by molar-refractivity contribution is 5.90. The maximum atomic E-state index is 13.1. The Bertz CT molecular complexity index is 1050. The van der Waals surface area contributed by atoms with Gasteiger partial charge in [-0.1, -0.05) is 0 Å². The Morgan fingerprint density at radius 1 is 1.04 bits per heavy atom. The standard InChI is InChI=1S/C20H18FN3O4/c1-27-17-9-7-15(11-18(17)28-2)22-19(25)12-24-20(26)10-8-16(23-24)13-3-5-14(21)6-4-13/h3-11H,12H2,1-2H3,(H,22,25).